The fourth-order valence-electron chi connectivity index (χ4n) is 6.75. The van der Waals surface area contributed by atoms with E-state index in [9.17, 15) is 19.5 Å². The third-order valence-corrected chi connectivity index (χ3v) is 8.50. The number of aliphatic hydroxyl groups is 1. The zero-order valence-electron chi connectivity index (χ0n) is 23.6. The molecule has 0 saturated carbocycles. The molecule has 4 heterocycles. The lowest BCUT2D eigenvalue weighted by Gasteiger charge is -2.42. The predicted octanol–water partition coefficient (Wildman–Crippen LogP) is 2.54. The second kappa shape index (κ2) is 9.48. The van der Waals surface area contributed by atoms with Gasteiger partial charge in [-0.15, -0.1) is 0 Å². The number of nitrogens with zero attached hydrogens (tertiary/aromatic N) is 3. The van der Waals surface area contributed by atoms with Crippen LogP contribution in [0.25, 0.3) is 0 Å². The molecule has 0 bridgehead atoms. The molecular weight excluding hydrogens is 498 g/mol. The number of likely N-dealkylation sites (tertiary alicyclic amines) is 1. The van der Waals surface area contributed by atoms with Crippen LogP contribution in [0.1, 0.15) is 41.5 Å². The van der Waals surface area contributed by atoms with E-state index in [4.69, 9.17) is 9.47 Å². The Balaban J connectivity index is 1.62. The molecule has 9 nitrogen and oxygen atoms in total. The average molecular weight is 538 g/mol. The first-order chi connectivity index (χ1) is 18.4. The minimum absolute atomic E-state index is 0.239. The van der Waals surface area contributed by atoms with Gasteiger partial charge in [-0.3, -0.25) is 14.4 Å². The van der Waals surface area contributed by atoms with Crippen molar-refractivity contribution in [3.8, 4) is 5.75 Å². The third kappa shape index (κ3) is 4.09. The molecule has 6 atom stereocenters. The molecule has 1 N–H and O–H groups in total. The molecule has 210 valence electrons. The largest absolute Gasteiger partial charge is 0.494 e. The highest BCUT2D eigenvalue weighted by molar-refractivity contribution is 6.04. The molecular formula is C30H39N3O6. The molecule has 2 saturated heterocycles. The summed E-state index contributed by atoms with van der Waals surface area (Å²) >= 11 is 0. The SMILES string of the molecule is CCOc1ccc(N2CC=C[C@]3(C)O[C@]45C=CCN(C(C)(C)C)C(=O)C4N([C@H](C)CO)C(=O)[C@@H]5[C@@H]3C2=O)cc1. The molecule has 0 aliphatic carbocycles. The van der Waals surface area contributed by atoms with E-state index < -0.39 is 40.7 Å². The summed E-state index contributed by atoms with van der Waals surface area (Å²) in [5.74, 6) is -1.92. The summed E-state index contributed by atoms with van der Waals surface area (Å²) in [5, 5.41) is 10.1. The van der Waals surface area contributed by atoms with E-state index in [1.807, 2.05) is 83.2 Å². The van der Waals surface area contributed by atoms with Crippen LogP contribution < -0.4 is 9.64 Å². The van der Waals surface area contributed by atoms with E-state index in [-0.39, 0.29) is 24.3 Å². The Morgan fingerprint density at radius 2 is 1.69 bits per heavy atom. The highest BCUT2D eigenvalue weighted by atomic mass is 16.5. The third-order valence-electron chi connectivity index (χ3n) is 8.50. The van der Waals surface area contributed by atoms with Crippen LogP contribution in [0.15, 0.2) is 48.6 Å². The highest BCUT2D eigenvalue weighted by Crippen LogP contribution is 2.58. The molecule has 5 rings (SSSR count). The smallest absolute Gasteiger partial charge is 0.249 e. The molecule has 4 aliphatic heterocycles. The Morgan fingerprint density at radius 1 is 1.03 bits per heavy atom. The number of rotatable bonds is 5. The number of fused-ring (bicyclic) bond motifs is 2. The summed E-state index contributed by atoms with van der Waals surface area (Å²) < 4.78 is 12.4. The van der Waals surface area contributed by atoms with Gasteiger partial charge in [0.2, 0.25) is 17.7 Å². The lowest BCUT2D eigenvalue weighted by Crippen LogP contribution is -2.60. The maximum atomic E-state index is 14.4. The molecule has 1 spiro atoms. The van der Waals surface area contributed by atoms with Crippen molar-refractivity contribution in [3.05, 3.63) is 48.6 Å². The van der Waals surface area contributed by atoms with Crippen LogP contribution in [-0.4, -0.2) is 87.8 Å². The van der Waals surface area contributed by atoms with Gasteiger partial charge in [0.05, 0.1) is 36.7 Å². The van der Waals surface area contributed by atoms with Crippen LogP contribution >= 0.6 is 0 Å². The van der Waals surface area contributed by atoms with Gasteiger partial charge in [0, 0.05) is 24.3 Å². The van der Waals surface area contributed by atoms with Crippen LogP contribution in [0.2, 0.25) is 0 Å². The Hall–Kier alpha value is -3.17. The second-order valence-corrected chi connectivity index (χ2v) is 12.1. The number of carbonyl (C=O) groups excluding carboxylic acids is 3. The summed E-state index contributed by atoms with van der Waals surface area (Å²) in [7, 11) is 0. The Labute approximate surface area is 230 Å². The van der Waals surface area contributed by atoms with Gasteiger partial charge in [0.1, 0.15) is 17.4 Å². The molecule has 2 fully saturated rings. The van der Waals surface area contributed by atoms with Crippen LogP contribution in [0.5, 0.6) is 5.75 Å². The molecule has 4 aliphatic rings. The lowest BCUT2D eigenvalue weighted by molar-refractivity contribution is -0.156. The van der Waals surface area contributed by atoms with E-state index in [1.165, 1.54) is 4.90 Å². The number of aliphatic hydroxyl groups excluding tert-OH is 1. The number of carbonyl (C=O) groups is 3. The zero-order chi connectivity index (χ0) is 28.3. The maximum absolute atomic E-state index is 14.4. The van der Waals surface area contributed by atoms with Crippen molar-refractivity contribution >= 4 is 23.4 Å². The van der Waals surface area contributed by atoms with Crippen LogP contribution in [0.4, 0.5) is 5.69 Å². The summed E-state index contributed by atoms with van der Waals surface area (Å²) in [5.41, 5.74) is -2.27. The number of ether oxygens (including phenoxy) is 2. The van der Waals surface area contributed by atoms with Crippen molar-refractivity contribution in [1.29, 1.82) is 0 Å². The van der Waals surface area contributed by atoms with Crippen LogP contribution in [0.3, 0.4) is 0 Å². The molecule has 9 heteroatoms. The monoisotopic (exact) mass is 537 g/mol. The van der Waals surface area contributed by atoms with Gasteiger partial charge >= 0.3 is 0 Å². The first kappa shape index (κ1) is 27.4. The molecule has 0 aromatic heterocycles. The molecule has 1 unspecified atom stereocenters. The second-order valence-electron chi connectivity index (χ2n) is 12.1. The van der Waals surface area contributed by atoms with E-state index >= 15 is 0 Å². The van der Waals surface area contributed by atoms with Crippen molar-refractivity contribution in [2.75, 3.05) is 31.2 Å². The minimum Gasteiger partial charge on any atom is -0.494 e. The standard InChI is InChI=1S/C30H39N3O6/c1-7-38-21-12-10-20(11-13-21)31-16-8-14-29(6)22(25(31)35)23-26(36)33(19(2)18-34)24-27(37)32(28(3,4)5)17-9-15-30(23,24)39-29/h8-15,19,22-24,34H,7,16-18H2,1-6H3/t19-,22-,23+,24?,29+,30+/m1/s1. The van der Waals surface area contributed by atoms with Gasteiger partial charge in [-0.2, -0.15) is 0 Å². The highest BCUT2D eigenvalue weighted by Gasteiger charge is 2.75. The normalized spacial score (nSPS) is 33.1. The Kier molecular flexibility index (Phi) is 6.66. The Bertz CT molecular complexity index is 1220. The van der Waals surface area contributed by atoms with Gasteiger partial charge in [0.25, 0.3) is 0 Å². The van der Waals surface area contributed by atoms with Gasteiger partial charge < -0.3 is 29.3 Å². The maximum Gasteiger partial charge on any atom is 0.249 e. The lowest BCUT2D eigenvalue weighted by atomic mass is 9.74. The summed E-state index contributed by atoms with van der Waals surface area (Å²) in [6.45, 7) is 12.2. The zero-order valence-corrected chi connectivity index (χ0v) is 23.6. The molecule has 0 radical (unpaired) electrons. The number of anilines is 1. The summed E-state index contributed by atoms with van der Waals surface area (Å²) in [6, 6.07) is 5.68. The average Bonchev–Trinajstić information content (AvgIpc) is 3.15. The fraction of sp³-hybridized carbons (Fsp3) is 0.567. The fourth-order valence-corrected chi connectivity index (χ4v) is 6.75. The van der Waals surface area contributed by atoms with Crippen molar-refractivity contribution in [2.45, 2.75) is 70.4 Å². The van der Waals surface area contributed by atoms with Crippen molar-refractivity contribution in [2.24, 2.45) is 11.8 Å². The van der Waals surface area contributed by atoms with Crippen molar-refractivity contribution in [1.82, 2.24) is 9.80 Å². The van der Waals surface area contributed by atoms with Crippen molar-refractivity contribution in [3.63, 3.8) is 0 Å². The first-order valence-electron chi connectivity index (χ1n) is 13.7. The summed E-state index contributed by atoms with van der Waals surface area (Å²) in [6.07, 6.45) is 7.47. The van der Waals surface area contributed by atoms with Gasteiger partial charge in [-0.25, -0.2) is 0 Å². The van der Waals surface area contributed by atoms with E-state index in [2.05, 4.69) is 0 Å². The number of hydrogen-bond donors (Lipinski definition) is 1. The van der Waals surface area contributed by atoms with E-state index in [0.29, 0.717) is 31.1 Å². The van der Waals surface area contributed by atoms with E-state index in [0.717, 1.165) is 0 Å². The Morgan fingerprint density at radius 3 is 2.31 bits per heavy atom. The topological polar surface area (TPSA) is 99.6 Å². The minimum atomic E-state index is -1.35. The number of hydrogen-bond acceptors (Lipinski definition) is 6. The van der Waals surface area contributed by atoms with Crippen LogP contribution in [-0.2, 0) is 19.1 Å². The summed E-state index contributed by atoms with van der Waals surface area (Å²) in [4.78, 5) is 47.8. The van der Waals surface area contributed by atoms with E-state index in [1.54, 1.807) is 16.7 Å². The molecule has 3 amide bonds. The predicted molar refractivity (Wildman–Crippen MR) is 146 cm³/mol. The van der Waals surface area contributed by atoms with Gasteiger partial charge in [-0.05, 0) is 65.8 Å². The molecule has 1 aromatic carbocycles. The van der Waals surface area contributed by atoms with Gasteiger partial charge in [-0.1, -0.05) is 24.3 Å². The van der Waals surface area contributed by atoms with Crippen molar-refractivity contribution < 1.29 is 29.0 Å². The quantitative estimate of drug-likeness (QED) is 0.580. The van der Waals surface area contributed by atoms with Crippen LogP contribution in [0, 0.1) is 11.8 Å². The molecule has 39 heavy (non-hydrogen) atoms. The van der Waals surface area contributed by atoms with Gasteiger partial charge in [0.15, 0.2) is 0 Å². The molecule has 1 aromatic rings. The number of benzene rings is 1. The number of amides is 3. The first-order valence-corrected chi connectivity index (χ1v) is 13.7.